The highest BCUT2D eigenvalue weighted by Crippen LogP contribution is 2.15. The van der Waals surface area contributed by atoms with Gasteiger partial charge >= 0.3 is 5.97 Å². The van der Waals surface area contributed by atoms with Gasteiger partial charge < -0.3 is 15.4 Å². The summed E-state index contributed by atoms with van der Waals surface area (Å²) >= 11 is 19.1. The average Bonchev–Trinajstić information content (AvgIpc) is 3.00. The van der Waals surface area contributed by atoms with E-state index < -0.39 is 18.1 Å². The predicted molar refractivity (Wildman–Crippen MR) is 187 cm³/mol. The highest BCUT2D eigenvalue weighted by atomic mass is 127. The molecule has 2 rings (SSSR count). The van der Waals surface area contributed by atoms with Crippen LogP contribution in [0.4, 0.5) is 0 Å². The summed E-state index contributed by atoms with van der Waals surface area (Å²) in [5.41, 5.74) is 0.812. The van der Waals surface area contributed by atoms with Gasteiger partial charge in [0.05, 0.1) is 34.0 Å². The van der Waals surface area contributed by atoms with Crippen LogP contribution in [-0.2, 0) is 14.3 Å². The molecular formula is C29H39Br2Cl2IN4O5. The number of hydrogen-bond donors (Lipinski definition) is 2. The van der Waals surface area contributed by atoms with Crippen molar-refractivity contribution in [1.29, 1.82) is 0 Å². The van der Waals surface area contributed by atoms with Crippen molar-refractivity contribution >= 4 is 101 Å². The number of carbonyl (C=O) groups excluding carboxylic acids is 4. The van der Waals surface area contributed by atoms with Gasteiger partial charge in [-0.15, -0.1) is 23.2 Å². The number of nitrogens with one attached hydrogen (secondary N) is 2. The number of ether oxygens (including phenoxy) is 1. The van der Waals surface area contributed by atoms with E-state index in [1.54, 1.807) is 36.7 Å². The number of aromatic nitrogens is 2. The van der Waals surface area contributed by atoms with Crippen LogP contribution < -0.4 is 10.6 Å². The van der Waals surface area contributed by atoms with Crippen molar-refractivity contribution in [2.75, 3.05) is 16.9 Å². The Morgan fingerprint density at radius 3 is 1.63 bits per heavy atom. The summed E-state index contributed by atoms with van der Waals surface area (Å²) in [7, 11) is 1.32. The van der Waals surface area contributed by atoms with E-state index in [0.717, 1.165) is 38.5 Å². The van der Waals surface area contributed by atoms with Crippen molar-refractivity contribution in [3.05, 3.63) is 57.0 Å². The zero-order valence-corrected chi connectivity index (χ0v) is 31.4. The number of alkyl halides is 3. The quantitative estimate of drug-likeness (QED) is 0.0619. The van der Waals surface area contributed by atoms with Crippen LogP contribution in [0, 0.1) is 0 Å². The second kappa shape index (κ2) is 25.9. The highest BCUT2D eigenvalue weighted by molar-refractivity contribution is 14.1. The van der Waals surface area contributed by atoms with Gasteiger partial charge in [0.15, 0.2) is 5.78 Å². The molecule has 2 heterocycles. The van der Waals surface area contributed by atoms with Crippen LogP contribution in [0.1, 0.15) is 85.9 Å². The number of Topliss-reactive ketones (excluding diaryl/α,β-unsaturated/α-hetero) is 1. The average molecular weight is 881 g/mol. The Hall–Kier alpha value is -1.35. The molecule has 2 aromatic rings. The van der Waals surface area contributed by atoms with Crippen LogP contribution in [0.5, 0.6) is 0 Å². The molecule has 0 aromatic carbocycles. The molecule has 0 aliphatic carbocycles. The molecule has 0 spiro atoms. The summed E-state index contributed by atoms with van der Waals surface area (Å²) in [4.78, 5) is 55.8. The van der Waals surface area contributed by atoms with Gasteiger partial charge in [0.25, 0.3) is 11.8 Å². The first-order valence-corrected chi connectivity index (χ1v) is 17.9. The lowest BCUT2D eigenvalue weighted by molar-refractivity contribution is -0.143. The summed E-state index contributed by atoms with van der Waals surface area (Å²) in [6.45, 7) is 4.17. The van der Waals surface area contributed by atoms with E-state index in [9.17, 15) is 19.2 Å². The molecule has 9 nitrogen and oxygen atoms in total. The first-order chi connectivity index (χ1) is 20.6. The number of halogens is 5. The van der Waals surface area contributed by atoms with E-state index in [0.29, 0.717) is 37.1 Å². The number of esters is 1. The highest BCUT2D eigenvalue weighted by Gasteiger charge is 2.23. The Labute approximate surface area is 294 Å². The number of hydrogen-bond acceptors (Lipinski definition) is 7. The molecule has 0 fully saturated rings. The third-order valence-corrected chi connectivity index (χ3v) is 7.34. The predicted octanol–water partition coefficient (Wildman–Crippen LogP) is 7.64. The number of unbranched alkanes of at least 4 members (excludes halogenated alkanes) is 4. The Morgan fingerprint density at radius 2 is 1.26 bits per heavy atom. The third-order valence-electron chi connectivity index (χ3n) is 5.82. The Morgan fingerprint density at radius 1 is 0.837 bits per heavy atom. The molecule has 0 bridgehead atoms. The second-order valence-electron chi connectivity index (χ2n) is 8.95. The van der Waals surface area contributed by atoms with Crippen LogP contribution in [-0.4, -0.2) is 62.5 Å². The van der Waals surface area contributed by atoms with Gasteiger partial charge in [0.2, 0.25) is 0 Å². The van der Waals surface area contributed by atoms with Gasteiger partial charge in [-0.3, -0.25) is 14.4 Å². The van der Waals surface area contributed by atoms with E-state index in [4.69, 9.17) is 27.9 Å². The van der Waals surface area contributed by atoms with Crippen molar-refractivity contribution in [2.24, 2.45) is 0 Å². The van der Waals surface area contributed by atoms with Gasteiger partial charge in [-0.1, -0.05) is 75.0 Å². The molecule has 0 aliphatic heterocycles. The first kappa shape index (κ1) is 41.7. The normalized spacial score (nSPS) is 11.4. The molecule has 43 heavy (non-hydrogen) atoms. The molecule has 240 valence electrons. The number of nitrogens with zero attached hydrogens (tertiary/aromatic N) is 2. The summed E-state index contributed by atoms with van der Waals surface area (Å²) in [5, 5.41) is 5.44. The number of ketones is 1. The van der Waals surface area contributed by atoms with Crippen molar-refractivity contribution in [1.82, 2.24) is 20.6 Å². The number of amides is 2. The monoisotopic (exact) mass is 878 g/mol. The second-order valence-corrected chi connectivity index (χ2v) is 12.7. The molecule has 0 saturated heterocycles. The molecule has 2 aromatic heterocycles. The lowest BCUT2D eigenvalue weighted by Gasteiger charge is -2.16. The summed E-state index contributed by atoms with van der Waals surface area (Å²) < 4.78 is 6.34. The molecular weight excluding hydrogens is 842 g/mol. The van der Waals surface area contributed by atoms with Crippen molar-refractivity contribution < 1.29 is 23.9 Å². The van der Waals surface area contributed by atoms with E-state index in [1.807, 2.05) is 0 Å². The van der Waals surface area contributed by atoms with Gasteiger partial charge in [-0.25, -0.2) is 14.8 Å². The SMILES string of the molecule is CCCCC[C@H](NC(=O)c1cccnc1Br)C(=O)CCl.CCCCC[C@H](NC(=O)c1cccnc1Br)C(=O)OC.ClCI. The van der Waals surface area contributed by atoms with Gasteiger partial charge in [0.1, 0.15) is 15.2 Å². The van der Waals surface area contributed by atoms with Gasteiger partial charge in [-0.05, 0) is 69.0 Å². The number of pyridine rings is 2. The summed E-state index contributed by atoms with van der Waals surface area (Å²) in [6, 6.07) is 5.50. The molecule has 14 heteroatoms. The maximum absolute atomic E-state index is 12.2. The van der Waals surface area contributed by atoms with Crippen molar-refractivity contribution in [3.63, 3.8) is 0 Å². The largest absolute Gasteiger partial charge is 0.467 e. The number of carbonyl (C=O) groups is 4. The topological polar surface area (TPSA) is 127 Å². The minimum Gasteiger partial charge on any atom is -0.467 e. The third kappa shape index (κ3) is 17.7. The van der Waals surface area contributed by atoms with Gasteiger partial charge in [-0.2, -0.15) is 0 Å². The Balaban J connectivity index is 0.000000751. The number of rotatable bonds is 15. The fraction of sp³-hybridized carbons (Fsp3) is 0.517. The first-order valence-electron chi connectivity index (χ1n) is 13.7. The molecule has 0 radical (unpaired) electrons. The zero-order valence-electron chi connectivity index (χ0n) is 24.5. The van der Waals surface area contributed by atoms with E-state index in [1.165, 1.54) is 7.11 Å². The van der Waals surface area contributed by atoms with Crippen LogP contribution in [0.15, 0.2) is 45.9 Å². The summed E-state index contributed by atoms with van der Waals surface area (Å²) in [6.07, 6.45) is 10.3. The summed E-state index contributed by atoms with van der Waals surface area (Å²) in [5.74, 6) is -1.32. The van der Waals surface area contributed by atoms with Crippen LogP contribution in [0.3, 0.4) is 0 Å². The van der Waals surface area contributed by atoms with E-state index in [2.05, 4.69) is 88.9 Å². The molecule has 2 atom stereocenters. The molecule has 0 aliphatic rings. The minimum atomic E-state index is -0.619. The Kier molecular flexibility index (Phi) is 25.1. The fourth-order valence-corrected chi connectivity index (χ4v) is 4.62. The molecule has 0 unspecified atom stereocenters. The standard InChI is InChI=1S/C14H18BrClN2O2.C14H19BrN2O3.CH2ClI/c1-2-3-4-7-11(12(19)9-16)18-14(20)10-6-5-8-17-13(10)15;1-3-4-5-8-11(14(19)20-2)17-13(18)10-7-6-9-16-12(10)15;2-1-3/h5-6,8,11H,2-4,7,9H2,1H3,(H,18,20);6-7,9,11H,3-5,8H2,1-2H3,(H,17,18);1H2/t2*11-;/m00./s1. The number of methoxy groups -OCH3 is 1. The molecule has 0 saturated carbocycles. The van der Waals surface area contributed by atoms with E-state index >= 15 is 0 Å². The Bertz CT molecular complexity index is 1050. The smallest absolute Gasteiger partial charge is 0.328 e. The van der Waals surface area contributed by atoms with Gasteiger partial charge in [0, 0.05) is 12.4 Å². The lowest BCUT2D eigenvalue weighted by Crippen LogP contribution is -2.41. The molecule has 2 N–H and O–H groups in total. The van der Waals surface area contributed by atoms with Crippen LogP contribution >= 0.6 is 77.7 Å². The van der Waals surface area contributed by atoms with Crippen LogP contribution in [0.2, 0.25) is 0 Å². The maximum atomic E-state index is 12.2. The van der Waals surface area contributed by atoms with Crippen LogP contribution in [0.25, 0.3) is 0 Å². The lowest BCUT2D eigenvalue weighted by atomic mass is 10.0. The maximum Gasteiger partial charge on any atom is 0.328 e. The zero-order chi connectivity index (χ0) is 32.6. The molecule has 2 amide bonds. The van der Waals surface area contributed by atoms with E-state index in [-0.39, 0.29) is 23.5 Å². The van der Waals surface area contributed by atoms with Crippen molar-refractivity contribution in [2.45, 2.75) is 77.3 Å². The van der Waals surface area contributed by atoms with Crippen molar-refractivity contribution in [3.8, 4) is 0 Å². The minimum absolute atomic E-state index is 0.0920. The fourth-order valence-electron chi connectivity index (χ4n) is 3.58.